The number of hydrogen-bond acceptors (Lipinski definition) is 4. The third-order valence-corrected chi connectivity index (χ3v) is 4.40. The van der Waals surface area contributed by atoms with Gasteiger partial charge in [-0.3, -0.25) is 9.69 Å². The lowest BCUT2D eigenvalue weighted by Crippen LogP contribution is -2.41. The number of carboxylic acid groups (broad SMARTS) is 1. The largest absolute Gasteiger partial charge is 0.480 e. The van der Waals surface area contributed by atoms with Crippen molar-refractivity contribution >= 4 is 17.7 Å². The van der Waals surface area contributed by atoms with Crippen LogP contribution in [-0.4, -0.2) is 52.9 Å². The second kappa shape index (κ2) is 9.39. The molecule has 2 rings (SSSR count). The number of nitrogens with zero attached hydrogens (tertiary/aromatic N) is 1. The first kappa shape index (κ1) is 19.2. The molecule has 1 fully saturated rings. The Bertz CT molecular complexity index is 568. The van der Waals surface area contributed by atoms with Crippen LogP contribution in [0.2, 0.25) is 0 Å². The quantitative estimate of drug-likeness (QED) is 0.565. The van der Waals surface area contributed by atoms with Gasteiger partial charge in [0.2, 0.25) is 0 Å². The average Bonchev–Trinajstić information content (AvgIpc) is 2.58. The smallest absolute Gasteiger partial charge is 0.325 e. The number of benzene rings is 1. The van der Waals surface area contributed by atoms with E-state index in [1.807, 2.05) is 4.90 Å². The number of aliphatic hydroxyl groups is 1. The molecule has 1 aromatic carbocycles. The van der Waals surface area contributed by atoms with Crippen molar-refractivity contribution in [3.8, 4) is 0 Å². The van der Waals surface area contributed by atoms with Crippen LogP contribution in [0.1, 0.15) is 44.2 Å². The molecule has 1 aliphatic rings. The van der Waals surface area contributed by atoms with Crippen molar-refractivity contribution in [2.45, 2.75) is 44.8 Å². The Kier molecular flexibility index (Phi) is 7.21. The van der Waals surface area contributed by atoms with E-state index in [-0.39, 0.29) is 12.1 Å². The van der Waals surface area contributed by atoms with Crippen molar-refractivity contribution in [2.24, 2.45) is 0 Å². The molecule has 1 heterocycles. The molecule has 138 valence electrons. The number of rotatable bonds is 7. The summed E-state index contributed by atoms with van der Waals surface area (Å²) in [6.45, 7) is 3.79. The molecule has 0 aromatic heterocycles. The Balaban J connectivity index is 1.98. The Morgan fingerprint density at radius 2 is 1.88 bits per heavy atom. The molecule has 0 aliphatic carbocycles. The molecule has 1 unspecified atom stereocenters. The summed E-state index contributed by atoms with van der Waals surface area (Å²) in [5, 5.41) is 24.7. The van der Waals surface area contributed by atoms with Crippen LogP contribution in [-0.2, 0) is 4.79 Å². The van der Waals surface area contributed by atoms with E-state index in [0.29, 0.717) is 43.7 Å². The van der Waals surface area contributed by atoms with E-state index in [9.17, 15) is 19.8 Å². The normalized spacial score (nSPS) is 17.0. The number of amides is 2. The number of likely N-dealkylation sites (tertiary alicyclic amines) is 1. The van der Waals surface area contributed by atoms with Gasteiger partial charge in [0.15, 0.2) is 0 Å². The number of carbonyl (C=O) groups is 2. The summed E-state index contributed by atoms with van der Waals surface area (Å²) in [5.41, 5.74) is 1.29. The van der Waals surface area contributed by atoms with Gasteiger partial charge < -0.3 is 20.8 Å². The zero-order chi connectivity index (χ0) is 18.2. The molecule has 1 aliphatic heterocycles. The number of urea groups is 1. The van der Waals surface area contributed by atoms with Crippen LogP contribution in [0.25, 0.3) is 0 Å². The first-order valence-corrected chi connectivity index (χ1v) is 8.81. The summed E-state index contributed by atoms with van der Waals surface area (Å²) < 4.78 is 0. The van der Waals surface area contributed by atoms with Crippen LogP contribution in [0.4, 0.5) is 10.5 Å². The number of carboxylic acids is 1. The molecule has 2 amide bonds. The Morgan fingerprint density at radius 3 is 2.44 bits per heavy atom. The van der Waals surface area contributed by atoms with E-state index in [1.165, 1.54) is 0 Å². The molecule has 25 heavy (non-hydrogen) atoms. The maximum Gasteiger partial charge on any atom is 0.325 e. The number of carbonyl (C=O) groups excluding carboxylic acids is 1. The van der Waals surface area contributed by atoms with E-state index in [4.69, 9.17) is 0 Å². The van der Waals surface area contributed by atoms with Crippen molar-refractivity contribution < 1.29 is 19.8 Å². The lowest BCUT2D eigenvalue weighted by Gasteiger charge is -2.34. The summed E-state index contributed by atoms with van der Waals surface area (Å²) in [7, 11) is 0. The number of anilines is 1. The zero-order valence-electron chi connectivity index (χ0n) is 14.6. The van der Waals surface area contributed by atoms with Crippen LogP contribution in [0, 0.1) is 0 Å². The molecule has 1 aromatic rings. The van der Waals surface area contributed by atoms with Gasteiger partial charge in [0, 0.05) is 25.3 Å². The molecule has 7 nitrogen and oxygen atoms in total. The van der Waals surface area contributed by atoms with E-state index in [2.05, 4.69) is 17.6 Å². The molecule has 0 radical (unpaired) electrons. The predicted molar refractivity (Wildman–Crippen MR) is 95.6 cm³/mol. The van der Waals surface area contributed by atoms with Gasteiger partial charge in [-0.15, -0.1) is 0 Å². The molecule has 4 N–H and O–H groups in total. The standard InChI is InChI=1S/C18H27N3O4/c1-2-3-10-19-18(25)20-14-6-4-13(5-7-14)16(17(23)24)21-11-8-15(22)9-12-21/h4-7,15-16,22H,2-3,8-12H2,1H3,(H,23,24)(H2,19,20,25). The van der Waals surface area contributed by atoms with Crippen molar-refractivity contribution in [1.29, 1.82) is 0 Å². The van der Waals surface area contributed by atoms with Gasteiger partial charge in [0.1, 0.15) is 6.04 Å². The molecule has 1 atom stereocenters. The SMILES string of the molecule is CCCCNC(=O)Nc1ccc(C(C(=O)O)N2CCC(O)CC2)cc1. The topological polar surface area (TPSA) is 102 Å². The summed E-state index contributed by atoms with van der Waals surface area (Å²) in [6.07, 6.45) is 2.77. The number of hydrogen-bond donors (Lipinski definition) is 4. The van der Waals surface area contributed by atoms with E-state index in [1.54, 1.807) is 24.3 Å². The van der Waals surface area contributed by atoms with E-state index < -0.39 is 12.0 Å². The molecular weight excluding hydrogens is 322 g/mol. The molecule has 1 saturated heterocycles. The van der Waals surface area contributed by atoms with Gasteiger partial charge in [-0.1, -0.05) is 25.5 Å². The van der Waals surface area contributed by atoms with Gasteiger partial charge >= 0.3 is 12.0 Å². The Hall–Kier alpha value is -2.12. The highest BCUT2D eigenvalue weighted by Crippen LogP contribution is 2.26. The maximum absolute atomic E-state index is 11.7. The third kappa shape index (κ3) is 5.72. The second-order valence-corrected chi connectivity index (χ2v) is 6.36. The fourth-order valence-electron chi connectivity index (χ4n) is 2.96. The van der Waals surface area contributed by atoms with Crippen molar-refractivity contribution in [1.82, 2.24) is 10.2 Å². The van der Waals surface area contributed by atoms with Crippen LogP contribution in [0.15, 0.2) is 24.3 Å². The fourth-order valence-corrected chi connectivity index (χ4v) is 2.96. The van der Waals surface area contributed by atoms with E-state index in [0.717, 1.165) is 12.8 Å². The first-order valence-electron chi connectivity index (χ1n) is 8.81. The van der Waals surface area contributed by atoms with E-state index >= 15 is 0 Å². The number of aliphatic hydroxyl groups excluding tert-OH is 1. The number of unbranched alkanes of at least 4 members (excludes halogenated alkanes) is 1. The summed E-state index contributed by atoms with van der Waals surface area (Å²) >= 11 is 0. The van der Waals surface area contributed by atoms with Crippen molar-refractivity contribution in [3.05, 3.63) is 29.8 Å². The van der Waals surface area contributed by atoms with Gasteiger partial charge in [-0.05, 0) is 37.0 Å². The number of piperidine rings is 1. The fraction of sp³-hybridized carbons (Fsp3) is 0.556. The average molecular weight is 349 g/mol. The van der Waals surface area contributed by atoms with Gasteiger partial charge in [-0.25, -0.2) is 4.79 Å². The minimum absolute atomic E-state index is 0.263. The van der Waals surface area contributed by atoms with Crippen molar-refractivity contribution in [2.75, 3.05) is 25.0 Å². The molecule has 0 saturated carbocycles. The molecular formula is C18H27N3O4. The Morgan fingerprint density at radius 1 is 1.24 bits per heavy atom. The highest BCUT2D eigenvalue weighted by atomic mass is 16.4. The lowest BCUT2D eigenvalue weighted by molar-refractivity contribution is -0.144. The van der Waals surface area contributed by atoms with Crippen LogP contribution < -0.4 is 10.6 Å². The van der Waals surface area contributed by atoms with Crippen LogP contribution >= 0.6 is 0 Å². The second-order valence-electron chi connectivity index (χ2n) is 6.36. The Labute approximate surface area is 148 Å². The summed E-state index contributed by atoms with van der Waals surface area (Å²) in [4.78, 5) is 25.3. The predicted octanol–water partition coefficient (Wildman–Crippen LogP) is 2.19. The third-order valence-electron chi connectivity index (χ3n) is 4.40. The van der Waals surface area contributed by atoms with Crippen LogP contribution in [0.5, 0.6) is 0 Å². The monoisotopic (exact) mass is 349 g/mol. The molecule has 7 heteroatoms. The van der Waals surface area contributed by atoms with Crippen LogP contribution in [0.3, 0.4) is 0 Å². The minimum atomic E-state index is -0.908. The maximum atomic E-state index is 11.7. The van der Waals surface area contributed by atoms with Gasteiger partial charge in [-0.2, -0.15) is 0 Å². The van der Waals surface area contributed by atoms with Crippen molar-refractivity contribution in [3.63, 3.8) is 0 Å². The molecule has 0 bridgehead atoms. The lowest BCUT2D eigenvalue weighted by atomic mass is 10.0. The summed E-state index contributed by atoms with van der Waals surface area (Å²) in [6, 6.07) is 5.88. The number of aliphatic carboxylic acids is 1. The summed E-state index contributed by atoms with van der Waals surface area (Å²) in [5.74, 6) is -0.908. The zero-order valence-corrected chi connectivity index (χ0v) is 14.6. The highest BCUT2D eigenvalue weighted by Gasteiger charge is 2.30. The molecule has 0 spiro atoms. The first-order chi connectivity index (χ1) is 12.0. The number of nitrogens with one attached hydrogen (secondary N) is 2. The highest BCUT2D eigenvalue weighted by molar-refractivity contribution is 5.89. The van der Waals surface area contributed by atoms with Gasteiger partial charge in [0.25, 0.3) is 0 Å². The van der Waals surface area contributed by atoms with Gasteiger partial charge in [0.05, 0.1) is 6.10 Å². The minimum Gasteiger partial charge on any atom is -0.480 e.